The van der Waals surface area contributed by atoms with Gasteiger partial charge >= 0.3 is 5.97 Å². The van der Waals surface area contributed by atoms with Gasteiger partial charge in [-0.2, -0.15) is 0 Å². The lowest BCUT2D eigenvalue weighted by atomic mass is 9.77. The molecular weight excluding hydrogens is 408 g/mol. The van der Waals surface area contributed by atoms with E-state index in [2.05, 4.69) is 32.1 Å². The van der Waals surface area contributed by atoms with Gasteiger partial charge < -0.3 is 19.3 Å². The molecule has 0 unspecified atom stereocenters. The zero-order chi connectivity index (χ0) is 24.3. The number of carbonyl (C=O) groups excluding carboxylic acids is 2. The average molecular weight is 449 g/mol. The van der Waals surface area contributed by atoms with Crippen LogP contribution in [0.2, 0.25) is 0 Å². The predicted octanol–water partition coefficient (Wildman–Crippen LogP) is 5.04. The van der Waals surface area contributed by atoms with Gasteiger partial charge in [-0.25, -0.2) is 0 Å². The Morgan fingerprint density at radius 2 is 1.50 bits per heavy atom. The van der Waals surface area contributed by atoms with Crippen LogP contribution in [0.4, 0.5) is 0 Å². The minimum absolute atomic E-state index is 0.116. The maximum atomic E-state index is 12.8. The Morgan fingerprint density at radius 1 is 0.938 bits per heavy atom. The molecule has 1 aliphatic carbocycles. The number of rotatable bonds is 12. The lowest BCUT2D eigenvalue weighted by Crippen LogP contribution is -2.42. The number of allylic oxidation sites excluding steroid dienone is 6. The van der Waals surface area contributed by atoms with Crippen molar-refractivity contribution < 1.29 is 28.9 Å². The third-order valence-electron chi connectivity index (χ3n) is 5.92. The van der Waals surface area contributed by atoms with E-state index in [4.69, 9.17) is 19.3 Å². The largest absolute Gasteiger partial charge is 0.493 e. The Hall–Kier alpha value is -2.34. The number of hydrogen-bond acceptors (Lipinski definition) is 6. The molecule has 0 amide bonds. The van der Waals surface area contributed by atoms with Crippen LogP contribution in [0.15, 0.2) is 46.5 Å². The minimum atomic E-state index is -0.651. The summed E-state index contributed by atoms with van der Waals surface area (Å²) in [6.45, 7) is 9.46. The van der Waals surface area contributed by atoms with Crippen LogP contribution >= 0.6 is 0 Å². The van der Waals surface area contributed by atoms with Crippen LogP contribution in [-0.4, -0.2) is 43.8 Å². The number of aliphatic hydroxyl groups is 1. The Bertz CT molecular complexity index is 771. The number of esters is 1. The van der Waals surface area contributed by atoms with Gasteiger partial charge in [0.05, 0.1) is 20.8 Å². The van der Waals surface area contributed by atoms with Crippen LogP contribution in [-0.2, 0) is 23.8 Å². The second-order valence-corrected chi connectivity index (χ2v) is 8.57. The fourth-order valence-electron chi connectivity index (χ4n) is 3.86. The van der Waals surface area contributed by atoms with E-state index < -0.39 is 12.1 Å². The molecule has 0 spiro atoms. The summed E-state index contributed by atoms with van der Waals surface area (Å²) < 4.78 is 16.2. The van der Waals surface area contributed by atoms with E-state index in [1.54, 1.807) is 0 Å². The summed E-state index contributed by atoms with van der Waals surface area (Å²) in [7, 11) is 2.88. The van der Waals surface area contributed by atoms with Crippen molar-refractivity contribution in [3.05, 3.63) is 46.5 Å². The highest BCUT2D eigenvalue weighted by atomic mass is 16.6. The van der Waals surface area contributed by atoms with E-state index in [0.717, 1.165) is 31.3 Å². The van der Waals surface area contributed by atoms with Crippen LogP contribution < -0.4 is 0 Å². The van der Waals surface area contributed by atoms with Crippen molar-refractivity contribution in [2.75, 3.05) is 20.8 Å². The Labute approximate surface area is 193 Å². The third-order valence-corrected chi connectivity index (χ3v) is 5.92. The van der Waals surface area contributed by atoms with Crippen molar-refractivity contribution in [2.45, 2.75) is 72.8 Å². The summed E-state index contributed by atoms with van der Waals surface area (Å²) in [5.74, 6) is -0.702. The van der Waals surface area contributed by atoms with E-state index in [9.17, 15) is 9.59 Å². The van der Waals surface area contributed by atoms with Crippen molar-refractivity contribution in [3.8, 4) is 0 Å². The topological polar surface area (TPSA) is 82.1 Å². The molecule has 0 heterocycles. The van der Waals surface area contributed by atoms with E-state index in [1.807, 2.05) is 13.8 Å². The van der Waals surface area contributed by atoms with Crippen LogP contribution in [0.1, 0.15) is 66.7 Å². The van der Waals surface area contributed by atoms with Crippen molar-refractivity contribution in [2.24, 2.45) is 11.8 Å². The van der Waals surface area contributed by atoms with Crippen LogP contribution in [0, 0.1) is 11.8 Å². The monoisotopic (exact) mass is 448 g/mol. The van der Waals surface area contributed by atoms with Crippen molar-refractivity contribution in [3.63, 3.8) is 0 Å². The second kappa shape index (κ2) is 13.9. The van der Waals surface area contributed by atoms with E-state index >= 15 is 0 Å². The molecule has 32 heavy (non-hydrogen) atoms. The smallest absolute Gasteiger partial charge is 0.303 e. The fraction of sp³-hybridized carbons (Fsp3) is 0.615. The molecule has 3 atom stereocenters. The number of ketones is 1. The first kappa shape index (κ1) is 27.7. The summed E-state index contributed by atoms with van der Waals surface area (Å²) >= 11 is 0. The third kappa shape index (κ3) is 8.30. The molecule has 0 aromatic heterocycles. The zero-order valence-electron chi connectivity index (χ0n) is 20.7. The van der Waals surface area contributed by atoms with Gasteiger partial charge in [-0.15, -0.1) is 0 Å². The fourth-order valence-corrected chi connectivity index (χ4v) is 3.86. The van der Waals surface area contributed by atoms with Gasteiger partial charge in [0, 0.05) is 18.8 Å². The summed E-state index contributed by atoms with van der Waals surface area (Å²) in [5.41, 5.74) is 3.57. The Balaban J connectivity index is 2.81. The van der Waals surface area contributed by atoms with Crippen molar-refractivity contribution in [1.29, 1.82) is 0 Å². The van der Waals surface area contributed by atoms with Gasteiger partial charge in [0.25, 0.3) is 0 Å². The highest BCUT2D eigenvalue weighted by molar-refractivity contribution is 5.97. The first-order valence-corrected chi connectivity index (χ1v) is 11.3. The minimum Gasteiger partial charge on any atom is -0.493 e. The molecule has 0 saturated carbocycles. The van der Waals surface area contributed by atoms with E-state index in [1.165, 1.54) is 32.3 Å². The first-order valence-electron chi connectivity index (χ1n) is 11.3. The maximum Gasteiger partial charge on any atom is 0.303 e. The lowest BCUT2D eigenvalue weighted by molar-refractivity contribution is -0.153. The molecule has 6 nitrogen and oxygen atoms in total. The summed E-state index contributed by atoms with van der Waals surface area (Å²) in [5, 5.41) is 9.04. The molecule has 1 rings (SSSR count). The molecule has 0 aliphatic heterocycles. The summed E-state index contributed by atoms with van der Waals surface area (Å²) in [4.78, 5) is 24.5. The predicted molar refractivity (Wildman–Crippen MR) is 126 cm³/mol. The van der Waals surface area contributed by atoms with Crippen LogP contribution in [0.25, 0.3) is 0 Å². The second-order valence-electron chi connectivity index (χ2n) is 8.57. The van der Waals surface area contributed by atoms with E-state index in [0.29, 0.717) is 6.42 Å². The van der Waals surface area contributed by atoms with Crippen molar-refractivity contribution in [1.82, 2.24) is 0 Å². The molecule has 6 heteroatoms. The van der Waals surface area contributed by atoms with Crippen LogP contribution in [0.5, 0.6) is 0 Å². The van der Waals surface area contributed by atoms with Gasteiger partial charge in [-0.3, -0.25) is 9.59 Å². The molecule has 0 aromatic carbocycles. The highest BCUT2D eigenvalue weighted by Gasteiger charge is 2.44. The maximum absolute atomic E-state index is 12.8. The number of Topliss-reactive ketones (excluding diaryl/α,β-unsaturated/α-hetero) is 1. The standard InChI is InChI=1S/C26H40O6/c1-17(11-9-13-19(3)16-27)10-8-12-18(2)14-15-22-20(4)23(29)25(30-6)26(31-7)24(22)32-21(5)28/h10,13-14,20,22,24,27H,8-9,11-12,15-16H2,1-7H3/b17-10+,18-14+,19-13+/t20-,22-,24-/m1/s1. The van der Waals surface area contributed by atoms with Crippen molar-refractivity contribution >= 4 is 11.8 Å². The molecule has 0 bridgehead atoms. The number of hydrogen-bond donors (Lipinski definition) is 1. The summed E-state index contributed by atoms with van der Waals surface area (Å²) in [6, 6.07) is 0. The average Bonchev–Trinajstić information content (AvgIpc) is 2.75. The molecule has 1 N–H and O–H groups in total. The summed E-state index contributed by atoms with van der Waals surface area (Å²) in [6.07, 6.45) is 10.2. The number of aliphatic hydroxyl groups excluding tert-OH is 1. The molecule has 0 saturated heterocycles. The Kier molecular flexibility index (Phi) is 12.1. The van der Waals surface area contributed by atoms with Gasteiger partial charge in [0.15, 0.2) is 11.9 Å². The number of methoxy groups -OCH3 is 2. The lowest BCUT2D eigenvalue weighted by Gasteiger charge is -2.35. The highest BCUT2D eigenvalue weighted by Crippen LogP contribution is 2.37. The molecule has 180 valence electrons. The molecule has 0 radical (unpaired) electrons. The number of carbonyl (C=O) groups is 2. The molecular formula is C26H40O6. The zero-order valence-corrected chi connectivity index (χ0v) is 20.7. The van der Waals surface area contributed by atoms with Gasteiger partial charge in [-0.05, 0) is 52.9 Å². The van der Waals surface area contributed by atoms with Gasteiger partial charge in [0.2, 0.25) is 11.5 Å². The molecule has 1 aliphatic rings. The molecule has 0 aromatic rings. The van der Waals surface area contributed by atoms with Gasteiger partial charge in [0.1, 0.15) is 0 Å². The first-order chi connectivity index (χ1) is 15.2. The van der Waals surface area contributed by atoms with E-state index in [-0.39, 0.29) is 35.7 Å². The SMILES string of the molecule is COC1=C(OC)[C@H](OC(C)=O)[C@H](C/C=C(\C)CC/C=C(\C)CC/C=C(\C)CO)[C@@H](C)C1=O. The number of ether oxygens (including phenoxy) is 3. The Morgan fingerprint density at radius 3 is 2.00 bits per heavy atom. The molecule has 0 fully saturated rings. The van der Waals surface area contributed by atoms with Gasteiger partial charge in [-0.1, -0.05) is 41.9 Å². The quantitative estimate of drug-likeness (QED) is 0.333. The normalized spacial score (nSPS) is 22.8. The van der Waals surface area contributed by atoms with Crippen LogP contribution in [0.3, 0.4) is 0 Å².